The van der Waals surface area contributed by atoms with E-state index < -0.39 is 72.2 Å². The molecule has 224 valence electrons. The van der Waals surface area contributed by atoms with Gasteiger partial charge in [0.2, 0.25) is 23.6 Å². The normalized spacial score (nSPS) is 14.5. The topological polar surface area (TPSA) is 274 Å². The number of amides is 4. The average molecular weight is 614 g/mol. The lowest BCUT2D eigenvalue weighted by atomic mass is 10.1. The van der Waals surface area contributed by atoms with E-state index in [0.29, 0.717) is 11.4 Å². The number of rotatable bonds is 17. The first-order valence-electron chi connectivity index (χ1n) is 12.0. The molecule has 4 amide bonds. The van der Waals surface area contributed by atoms with Crippen LogP contribution in [0.15, 0.2) is 25.0 Å². The number of carbonyl (C=O) groups is 6. The summed E-state index contributed by atoms with van der Waals surface area (Å²) in [7, 11) is 0. The van der Waals surface area contributed by atoms with Crippen LogP contribution in [0.3, 0.4) is 0 Å². The number of aromatic amines is 2. The summed E-state index contributed by atoms with van der Waals surface area (Å²) in [6.45, 7) is 0. The number of imidazole rings is 2. The first-order valence-corrected chi connectivity index (χ1v) is 13.3. The van der Waals surface area contributed by atoms with E-state index in [1.807, 2.05) is 0 Å². The fourth-order valence-corrected chi connectivity index (χ4v) is 3.81. The summed E-state index contributed by atoms with van der Waals surface area (Å²) in [6, 6.07) is -6.82. The molecular weight excluding hydrogens is 582 g/mol. The van der Waals surface area contributed by atoms with Gasteiger partial charge in [0.25, 0.3) is 0 Å². The Morgan fingerprint density at radius 1 is 0.732 bits per heavy atom. The maximum atomic E-state index is 13.2. The Kier molecular flexibility index (Phi) is 13.1. The summed E-state index contributed by atoms with van der Waals surface area (Å²) < 4.78 is 0. The van der Waals surface area contributed by atoms with Crippen molar-refractivity contribution in [1.82, 2.24) is 41.2 Å². The molecule has 0 unspecified atom stereocenters. The first kappa shape index (κ1) is 33.1. The van der Waals surface area contributed by atoms with E-state index in [2.05, 4.69) is 66.5 Å². The molecule has 0 aromatic carbocycles. The first-order chi connectivity index (χ1) is 19.4. The van der Waals surface area contributed by atoms with E-state index in [-0.39, 0.29) is 24.3 Å². The molecule has 0 saturated carbocycles. The number of hydrogen-bond acceptors (Lipinski definition) is 11. The summed E-state index contributed by atoms with van der Waals surface area (Å²) in [4.78, 5) is 87.8. The Balaban J connectivity index is 2.26. The third-order valence-electron chi connectivity index (χ3n) is 5.57. The van der Waals surface area contributed by atoms with Gasteiger partial charge in [0.15, 0.2) is 0 Å². The van der Waals surface area contributed by atoms with Crippen molar-refractivity contribution >= 4 is 60.8 Å². The van der Waals surface area contributed by atoms with E-state index in [4.69, 9.17) is 5.73 Å². The highest BCUT2D eigenvalue weighted by atomic mass is 32.1. The summed E-state index contributed by atoms with van der Waals surface area (Å²) in [5.74, 6) is -6.68. The minimum absolute atomic E-state index is 0.0238. The van der Waals surface area contributed by atoms with Crippen LogP contribution in [0, 0.1) is 0 Å². The molecule has 17 nitrogen and oxygen atoms in total. The quantitative estimate of drug-likeness (QED) is 0.0783. The molecule has 0 bridgehead atoms. The van der Waals surface area contributed by atoms with Gasteiger partial charge < -0.3 is 47.2 Å². The number of nitrogens with two attached hydrogens (primary N) is 1. The van der Waals surface area contributed by atoms with Crippen LogP contribution >= 0.6 is 25.3 Å². The molecule has 2 aromatic heterocycles. The highest BCUT2D eigenvalue weighted by Crippen LogP contribution is 2.05. The molecule has 0 aliphatic heterocycles. The van der Waals surface area contributed by atoms with Gasteiger partial charge in [0.05, 0.1) is 25.1 Å². The number of carbonyl (C=O) groups excluding carboxylic acids is 4. The second kappa shape index (κ2) is 16.2. The summed E-state index contributed by atoms with van der Waals surface area (Å²) in [5.41, 5.74) is 6.52. The van der Waals surface area contributed by atoms with Crippen LogP contribution in [0.25, 0.3) is 0 Å². The molecular formula is C22H31N9O8S2. The van der Waals surface area contributed by atoms with Crippen molar-refractivity contribution in [2.45, 2.75) is 49.5 Å². The van der Waals surface area contributed by atoms with Gasteiger partial charge in [-0.3, -0.25) is 24.0 Å². The molecule has 5 atom stereocenters. The molecule has 2 heterocycles. The van der Waals surface area contributed by atoms with E-state index in [1.165, 1.54) is 25.0 Å². The second-order valence-electron chi connectivity index (χ2n) is 8.71. The number of hydrogen-bond donors (Lipinski definition) is 11. The maximum Gasteiger partial charge on any atom is 0.327 e. The standard InChI is InChI=1S/C22H31N9O8S2/c23-12(6-40)18(34)28-13(1-10-4-24-8-26-10)19(35)30-15(3-17(32)33)21(37)29-14(2-11-5-25-9-27-11)20(36)31-16(7-41)22(38)39/h4-5,8-9,12-16,40-41H,1-3,6-7,23H2,(H,24,26)(H,25,27)(H,28,34)(H,29,37)(H,30,35)(H,31,36)(H,32,33)(H,38,39)/t12-,13-,14-,15-,16-/m0/s1. The highest BCUT2D eigenvalue weighted by Gasteiger charge is 2.33. The molecule has 0 radical (unpaired) electrons. The number of aromatic nitrogens is 4. The molecule has 0 saturated heterocycles. The third kappa shape index (κ3) is 10.8. The van der Waals surface area contributed by atoms with Crippen LogP contribution in [0.4, 0.5) is 0 Å². The van der Waals surface area contributed by atoms with Crippen LogP contribution in [-0.2, 0) is 41.6 Å². The molecule has 0 aliphatic carbocycles. The van der Waals surface area contributed by atoms with Crippen LogP contribution < -0.4 is 27.0 Å². The predicted molar refractivity (Wildman–Crippen MR) is 148 cm³/mol. The molecule has 10 N–H and O–H groups in total. The van der Waals surface area contributed by atoms with Crippen molar-refractivity contribution < 1.29 is 39.0 Å². The molecule has 41 heavy (non-hydrogen) atoms. The fraction of sp³-hybridized carbons (Fsp3) is 0.455. The van der Waals surface area contributed by atoms with Crippen molar-refractivity contribution in [3.63, 3.8) is 0 Å². The van der Waals surface area contributed by atoms with Gasteiger partial charge in [-0.1, -0.05) is 0 Å². The zero-order valence-electron chi connectivity index (χ0n) is 21.4. The van der Waals surface area contributed by atoms with E-state index in [9.17, 15) is 39.0 Å². The predicted octanol–water partition coefficient (Wildman–Crippen LogP) is -3.40. The molecule has 19 heteroatoms. The molecule has 0 fully saturated rings. The zero-order valence-corrected chi connectivity index (χ0v) is 23.2. The summed E-state index contributed by atoms with van der Waals surface area (Å²) in [5, 5.41) is 28.0. The van der Waals surface area contributed by atoms with Crippen molar-refractivity contribution in [2.75, 3.05) is 11.5 Å². The number of aliphatic carboxylic acids is 2. The average Bonchev–Trinajstić information content (AvgIpc) is 3.63. The monoisotopic (exact) mass is 613 g/mol. The van der Waals surface area contributed by atoms with Crippen molar-refractivity contribution in [1.29, 1.82) is 0 Å². The van der Waals surface area contributed by atoms with Crippen LogP contribution in [-0.4, -0.2) is 107 Å². The number of nitrogens with one attached hydrogen (secondary N) is 6. The van der Waals surface area contributed by atoms with E-state index >= 15 is 0 Å². The summed E-state index contributed by atoms with van der Waals surface area (Å²) >= 11 is 7.86. The Bertz CT molecular complexity index is 1200. The van der Waals surface area contributed by atoms with Gasteiger partial charge in [0.1, 0.15) is 24.2 Å². The van der Waals surface area contributed by atoms with Gasteiger partial charge in [0, 0.05) is 48.1 Å². The number of carboxylic acid groups (broad SMARTS) is 2. The van der Waals surface area contributed by atoms with E-state index in [0.717, 1.165) is 0 Å². The Morgan fingerprint density at radius 3 is 1.56 bits per heavy atom. The number of thiol groups is 2. The number of carboxylic acids is 2. The molecule has 2 aromatic rings. The number of nitrogens with zero attached hydrogens (tertiary/aromatic N) is 2. The minimum atomic E-state index is -1.70. The lowest BCUT2D eigenvalue weighted by Crippen LogP contribution is -2.59. The van der Waals surface area contributed by atoms with Crippen LogP contribution in [0.1, 0.15) is 17.8 Å². The molecule has 0 spiro atoms. The lowest BCUT2D eigenvalue weighted by Gasteiger charge is -2.25. The Morgan fingerprint density at radius 2 is 1.17 bits per heavy atom. The van der Waals surface area contributed by atoms with Gasteiger partial charge in [-0.15, -0.1) is 0 Å². The highest BCUT2D eigenvalue weighted by molar-refractivity contribution is 7.80. The zero-order chi connectivity index (χ0) is 30.5. The smallest absolute Gasteiger partial charge is 0.327 e. The van der Waals surface area contributed by atoms with Gasteiger partial charge >= 0.3 is 11.9 Å². The SMILES string of the molecule is N[C@@H](CS)C(=O)N[C@@H](Cc1cnc[nH]1)C(=O)N[C@@H](CC(=O)O)C(=O)N[C@@H](Cc1cnc[nH]1)C(=O)N[C@@H](CS)C(=O)O. The summed E-state index contributed by atoms with van der Waals surface area (Å²) in [6.07, 6.45) is 4.27. The van der Waals surface area contributed by atoms with Gasteiger partial charge in [-0.25, -0.2) is 14.8 Å². The lowest BCUT2D eigenvalue weighted by molar-refractivity contribution is -0.143. The molecule has 2 rings (SSSR count). The van der Waals surface area contributed by atoms with Crippen molar-refractivity contribution in [2.24, 2.45) is 5.73 Å². The largest absolute Gasteiger partial charge is 0.481 e. The van der Waals surface area contributed by atoms with E-state index in [1.54, 1.807) is 0 Å². The maximum absolute atomic E-state index is 13.2. The van der Waals surface area contributed by atoms with Crippen LogP contribution in [0.5, 0.6) is 0 Å². The third-order valence-corrected chi connectivity index (χ3v) is 6.32. The Labute approximate surface area is 244 Å². The van der Waals surface area contributed by atoms with Crippen molar-refractivity contribution in [3.05, 3.63) is 36.4 Å². The minimum Gasteiger partial charge on any atom is -0.481 e. The van der Waals surface area contributed by atoms with Gasteiger partial charge in [-0.05, 0) is 0 Å². The Hall–Kier alpha value is -4.10. The number of H-pyrrole nitrogens is 2. The second-order valence-corrected chi connectivity index (χ2v) is 9.44. The van der Waals surface area contributed by atoms with Gasteiger partial charge in [-0.2, -0.15) is 25.3 Å². The molecule has 0 aliphatic rings. The van der Waals surface area contributed by atoms with Crippen LogP contribution in [0.2, 0.25) is 0 Å². The van der Waals surface area contributed by atoms with Crippen molar-refractivity contribution in [3.8, 4) is 0 Å². The fourth-order valence-electron chi connectivity index (χ4n) is 3.40.